The zero-order valence-electron chi connectivity index (χ0n) is 15.4. The number of ether oxygens (including phenoxy) is 1. The Kier molecular flexibility index (Phi) is 5.06. The fourth-order valence-corrected chi connectivity index (χ4v) is 3.39. The van der Waals surface area contributed by atoms with Gasteiger partial charge in [-0.25, -0.2) is 0 Å². The summed E-state index contributed by atoms with van der Waals surface area (Å²) in [5.74, 6) is 0.869. The minimum absolute atomic E-state index is 0.164. The highest BCUT2D eigenvalue weighted by Gasteiger charge is 2.11. The Morgan fingerprint density at radius 3 is 2.33 bits per heavy atom. The summed E-state index contributed by atoms with van der Waals surface area (Å²) >= 11 is 0. The van der Waals surface area contributed by atoms with Gasteiger partial charge in [-0.15, -0.1) is 0 Å². The van der Waals surface area contributed by atoms with E-state index in [4.69, 9.17) is 4.74 Å². The maximum absolute atomic E-state index is 6.08. The van der Waals surface area contributed by atoms with Crippen molar-refractivity contribution in [2.45, 2.75) is 19.6 Å². The van der Waals surface area contributed by atoms with Gasteiger partial charge in [0, 0.05) is 6.04 Å². The second kappa shape index (κ2) is 7.96. The number of hydrogen-bond donors (Lipinski definition) is 1. The number of para-hydroxylation sites is 2. The van der Waals surface area contributed by atoms with Gasteiger partial charge in [-0.05, 0) is 41.0 Å². The number of hydrogen-bond acceptors (Lipinski definition) is 2. The number of nitrogens with one attached hydrogen (secondary N) is 1. The van der Waals surface area contributed by atoms with E-state index in [-0.39, 0.29) is 6.04 Å². The summed E-state index contributed by atoms with van der Waals surface area (Å²) in [6.45, 7) is 2.75. The van der Waals surface area contributed by atoms with E-state index in [0.717, 1.165) is 17.0 Å². The zero-order chi connectivity index (χ0) is 18.5. The number of anilines is 1. The molecule has 1 N–H and O–H groups in total. The summed E-state index contributed by atoms with van der Waals surface area (Å²) in [7, 11) is 0. The molecule has 0 aliphatic rings. The largest absolute Gasteiger partial charge is 0.487 e. The molecule has 4 aromatic rings. The molecule has 0 heterocycles. The maximum Gasteiger partial charge on any atom is 0.142 e. The minimum atomic E-state index is 0.164. The van der Waals surface area contributed by atoms with E-state index >= 15 is 0 Å². The molecule has 0 bridgehead atoms. The van der Waals surface area contributed by atoms with Gasteiger partial charge >= 0.3 is 0 Å². The molecule has 2 heteroatoms. The van der Waals surface area contributed by atoms with Crippen LogP contribution in [-0.2, 0) is 6.61 Å². The molecular weight excluding hydrogens is 330 g/mol. The normalized spacial score (nSPS) is 11.9. The van der Waals surface area contributed by atoms with E-state index in [9.17, 15) is 0 Å². The molecule has 0 radical (unpaired) electrons. The molecule has 0 unspecified atom stereocenters. The van der Waals surface area contributed by atoms with Crippen molar-refractivity contribution in [1.82, 2.24) is 0 Å². The van der Waals surface area contributed by atoms with Crippen LogP contribution in [0.2, 0.25) is 0 Å². The predicted octanol–water partition coefficient (Wildman–Crippen LogP) is 6.59. The van der Waals surface area contributed by atoms with Crippen LogP contribution in [0.15, 0.2) is 97.1 Å². The van der Waals surface area contributed by atoms with Crippen LogP contribution in [0, 0.1) is 0 Å². The van der Waals surface area contributed by atoms with Gasteiger partial charge in [0.15, 0.2) is 0 Å². The molecule has 2 nitrogen and oxygen atoms in total. The quantitative estimate of drug-likeness (QED) is 0.422. The third-order valence-electron chi connectivity index (χ3n) is 4.79. The second-order valence-electron chi connectivity index (χ2n) is 6.70. The minimum Gasteiger partial charge on any atom is -0.487 e. The Balaban J connectivity index is 1.55. The third-order valence-corrected chi connectivity index (χ3v) is 4.79. The van der Waals surface area contributed by atoms with E-state index in [1.54, 1.807) is 0 Å². The average molecular weight is 353 g/mol. The van der Waals surface area contributed by atoms with Crippen molar-refractivity contribution in [2.24, 2.45) is 0 Å². The first-order valence-corrected chi connectivity index (χ1v) is 9.31. The van der Waals surface area contributed by atoms with E-state index in [0.29, 0.717) is 6.61 Å². The molecule has 0 aromatic heterocycles. The molecule has 1 atom stereocenters. The van der Waals surface area contributed by atoms with Gasteiger partial charge in [0.1, 0.15) is 12.4 Å². The van der Waals surface area contributed by atoms with Gasteiger partial charge in [0.25, 0.3) is 0 Å². The first kappa shape index (κ1) is 17.2. The molecule has 0 saturated carbocycles. The Morgan fingerprint density at radius 2 is 1.44 bits per heavy atom. The van der Waals surface area contributed by atoms with Crippen molar-refractivity contribution >= 4 is 16.5 Å². The molecular formula is C25H23NO. The van der Waals surface area contributed by atoms with Crippen LogP contribution < -0.4 is 10.1 Å². The Bertz CT molecular complexity index is 1020. The highest BCUT2D eigenvalue weighted by Crippen LogP contribution is 2.31. The first-order chi connectivity index (χ1) is 13.3. The van der Waals surface area contributed by atoms with E-state index in [1.807, 2.05) is 36.4 Å². The molecule has 0 amide bonds. The van der Waals surface area contributed by atoms with Crippen molar-refractivity contribution in [1.29, 1.82) is 0 Å². The van der Waals surface area contributed by atoms with Crippen molar-refractivity contribution in [3.8, 4) is 5.75 Å². The smallest absolute Gasteiger partial charge is 0.142 e. The lowest BCUT2D eigenvalue weighted by Crippen LogP contribution is -2.08. The predicted molar refractivity (Wildman–Crippen MR) is 113 cm³/mol. The summed E-state index contributed by atoms with van der Waals surface area (Å²) < 4.78 is 6.08. The molecule has 134 valence electrons. The molecule has 0 aliphatic heterocycles. The molecule has 0 aliphatic carbocycles. The SMILES string of the molecule is C[C@@H](Nc1ccccc1OCc1ccccc1)c1cccc2ccccc12. The Morgan fingerprint density at radius 1 is 0.741 bits per heavy atom. The summed E-state index contributed by atoms with van der Waals surface area (Å²) in [4.78, 5) is 0. The summed E-state index contributed by atoms with van der Waals surface area (Å²) in [6.07, 6.45) is 0. The average Bonchev–Trinajstić information content (AvgIpc) is 2.73. The van der Waals surface area contributed by atoms with Crippen LogP contribution in [0.5, 0.6) is 5.75 Å². The fourth-order valence-electron chi connectivity index (χ4n) is 3.39. The Hall–Kier alpha value is -3.26. The van der Waals surface area contributed by atoms with Crippen molar-refractivity contribution in [3.05, 3.63) is 108 Å². The topological polar surface area (TPSA) is 21.3 Å². The van der Waals surface area contributed by atoms with Crippen molar-refractivity contribution in [3.63, 3.8) is 0 Å². The van der Waals surface area contributed by atoms with Crippen molar-refractivity contribution < 1.29 is 4.74 Å². The van der Waals surface area contributed by atoms with Crippen LogP contribution in [0.4, 0.5) is 5.69 Å². The second-order valence-corrected chi connectivity index (χ2v) is 6.70. The van der Waals surface area contributed by atoms with Gasteiger partial charge in [0.2, 0.25) is 0 Å². The molecule has 0 saturated heterocycles. The lowest BCUT2D eigenvalue weighted by Gasteiger charge is -2.20. The zero-order valence-corrected chi connectivity index (χ0v) is 15.4. The van der Waals surface area contributed by atoms with Gasteiger partial charge in [-0.3, -0.25) is 0 Å². The molecule has 27 heavy (non-hydrogen) atoms. The maximum atomic E-state index is 6.08. The lowest BCUT2D eigenvalue weighted by molar-refractivity contribution is 0.307. The van der Waals surface area contributed by atoms with Crippen LogP contribution in [0.1, 0.15) is 24.1 Å². The number of benzene rings is 4. The van der Waals surface area contributed by atoms with Gasteiger partial charge in [-0.1, -0.05) is 84.9 Å². The Labute approximate surface area is 160 Å². The highest BCUT2D eigenvalue weighted by molar-refractivity contribution is 5.86. The van der Waals surface area contributed by atoms with E-state index < -0.39 is 0 Å². The summed E-state index contributed by atoms with van der Waals surface area (Å²) in [5.41, 5.74) is 3.45. The monoisotopic (exact) mass is 353 g/mol. The van der Waals surface area contributed by atoms with Crippen LogP contribution in [0.25, 0.3) is 10.8 Å². The molecule has 0 spiro atoms. The number of rotatable bonds is 6. The van der Waals surface area contributed by atoms with E-state index in [2.05, 4.69) is 72.9 Å². The highest BCUT2D eigenvalue weighted by atomic mass is 16.5. The molecule has 0 fully saturated rings. The van der Waals surface area contributed by atoms with Gasteiger partial charge in [-0.2, -0.15) is 0 Å². The van der Waals surface area contributed by atoms with E-state index in [1.165, 1.54) is 16.3 Å². The van der Waals surface area contributed by atoms with Crippen LogP contribution in [-0.4, -0.2) is 0 Å². The van der Waals surface area contributed by atoms with Gasteiger partial charge < -0.3 is 10.1 Å². The number of fused-ring (bicyclic) bond motifs is 1. The first-order valence-electron chi connectivity index (χ1n) is 9.31. The van der Waals surface area contributed by atoms with Crippen LogP contribution in [0.3, 0.4) is 0 Å². The summed E-state index contributed by atoms with van der Waals surface area (Å²) in [6, 6.07) is 33.5. The van der Waals surface area contributed by atoms with Gasteiger partial charge in [0.05, 0.1) is 5.69 Å². The molecule has 4 rings (SSSR count). The summed E-state index contributed by atoms with van der Waals surface area (Å²) in [5, 5.41) is 6.17. The lowest BCUT2D eigenvalue weighted by atomic mass is 9.99. The third kappa shape index (κ3) is 3.95. The molecule has 4 aromatic carbocycles. The standard InChI is InChI=1S/C25H23NO/c1-19(22-15-9-13-21-12-5-6-14-23(21)22)26-24-16-7-8-17-25(24)27-18-20-10-3-2-4-11-20/h2-17,19,26H,18H2,1H3/t19-/m1/s1. The van der Waals surface area contributed by atoms with Crippen LogP contribution >= 0.6 is 0 Å². The van der Waals surface area contributed by atoms with Crippen molar-refractivity contribution in [2.75, 3.05) is 5.32 Å². The fraction of sp³-hybridized carbons (Fsp3) is 0.120.